The minimum Gasteiger partial charge on any atom is -0.439 e. The number of aromatic nitrogens is 1. The number of carbonyl (C=O) groups is 1. The summed E-state index contributed by atoms with van der Waals surface area (Å²) in [4.78, 5) is 20.3. The number of pyridine rings is 1. The molecule has 31 heavy (non-hydrogen) atoms. The molecule has 2 fully saturated rings. The van der Waals surface area contributed by atoms with Crippen molar-refractivity contribution < 1.29 is 27.4 Å². The maximum atomic E-state index is 12.6. The number of piperazine rings is 1. The third kappa shape index (κ3) is 5.46. The van der Waals surface area contributed by atoms with Crippen LogP contribution in [0.5, 0.6) is 17.4 Å². The van der Waals surface area contributed by atoms with Gasteiger partial charge in [-0.3, -0.25) is 4.90 Å². The van der Waals surface area contributed by atoms with Crippen LogP contribution in [-0.4, -0.2) is 53.1 Å². The minimum atomic E-state index is -4.44. The van der Waals surface area contributed by atoms with Gasteiger partial charge in [-0.25, -0.2) is 9.78 Å². The molecule has 6 nitrogen and oxygen atoms in total. The molecule has 1 saturated carbocycles. The van der Waals surface area contributed by atoms with Crippen LogP contribution in [0.1, 0.15) is 31.2 Å². The van der Waals surface area contributed by atoms with Crippen LogP contribution in [0, 0.1) is 0 Å². The summed E-state index contributed by atoms with van der Waals surface area (Å²) < 4.78 is 48.7. The van der Waals surface area contributed by atoms with E-state index in [1.165, 1.54) is 25.7 Å². The zero-order chi connectivity index (χ0) is 21.8. The summed E-state index contributed by atoms with van der Waals surface area (Å²) in [5.74, 6) is 0.783. The van der Waals surface area contributed by atoms with Gasteiger partial charge in [0.25, 0.3) is 0 Å². The summed E-state index contributed by atoms with van der Waals surface area (Å²) in [7, 11) is 0. The van der Waals surface area contributed by atoms with Crippen LogP contribution in [0.3, 0.4) is 0 Å². The first-order valence-electron chi connectivity index (χ1n) is 10.4. The van der Waals surface area contributed by atoms with Crippen molar-refractivity contribution in [2.24, 2.45) is 0 Å². The number of amides is 1. The molecule has 2 aliphatic rings. The SMILES string of the molecule is O=C(Oc1ccc(Oc2ccc(C(F)(F)F)cn2)cc1)N1CCN(C2CCCC2)CC1. The van der Waals surface area contributed by atoms with Gasteiger partial charge in [0, 0.05) is 44.5 Å². The number of hydrogen-bond acceptors (Lipinski definition) is 5. The molecular weight excluding hydrogens is 411 g/mol. The molecule has 1 saturated heterocycles. The van der Waals surface area contributed by atoms with E-state index in [2.05, 4.69) is 9.88 Å². The largest absolute Gasteiger partial charge is 0.439 e. The number of nitrogens with zero attached hydrogens (tertiary/aromatic N) is 3. The highest BCUT2D eigenvalue weighted by atomic mass is 19.4. The molecule has 2 heterocycles. The van der Waals surface area contributed by atoms with Crippen molar-refractivity contribution >= 4 is 6.09 Å². The molecule has 0 N–H and O–H groups in total. The molecule has 166 valence electrons. The highest BCUT2D eigenvalue weighted by Crippen LogP contribution is 2.30. The Morgan fingerprint density at radius 3 is 2.16 bits per heavy atom. The van der Waals surface area contributed by atoms with Gasteiger partial charge < -0.3 is 14.4 Å². The lowest BCUT2D eigenvalue weighted by atomic mass is 10.2. The van der Waals surface area contributed by atoms with Crippen molar-refractivity contribution in [1.29, 1.82) is 0 Å². The van der Waals surface area contributed by atoms with Gasteiger partial charge in [-0.05, 0) is 43.2 Å². The number of rotatable bonds is 4. The van der Waals surface area contributed by atoms with Crippen molar-refractivity contribution in [3.05, 3.63) is 48.2 Å². The smallest absolute Gasteiger partial charge is 0.417 e. The third-order valence-electron chi connectivity index (χ3n) is 5.73. The Hall–Kier alpha value is -2.81. The fraction of sp³-hybridized carbons (Fsp3) is 0.455. The summed E-state index contributed by atoms with van der Waals surface area (Å²) >= 11 is 0. The Labute approximate surface area is 178 Å². The van der Waals surface area contributed by atoms with Gasteiger partial charge >= 0.3 is 12.3 Å². The van der Waals surface area contributed by atoms with Crippen LogP contribution in [0.4, 0.5) is 18.0 Å². The lowest BCUT2D eigenvalue weighted by Crippen LogP contribution is -2.52. The Balaban J connectivity index is 1.27. The zero-order valence-corrected chi connectivity index (χ0v) is 17.0. The van der Waals surface area contributed by atoms with Gasteiger partial charge in [-0.1, -0.05) is 12.8 Å². The minimum absolute atomic E-state index is 0.0397. The molecule has 1 aromatic carbocycles. The first-order chi connectivity index (χ1) is 14.9. The quantitative estimate of drug-likeness (QED) is 0.680. The predicted octanol–water partition coefficient (Wildman–Crippen LogP) is 4.95. The van der Waals surface area contributed by atoms with E-state index in [-0.39, 0.29) is 12.0 Å². The van der Waals surface area contributed by atoms with Gasteiger partial charge in [0.15, 0.2) is 0 Å². The second-order valence-corrected chi connectivity index (χ2v) is 7.79. The topological polar surface area (TPSA) is 54.9 Å². The Morgan fingerprint density at radius 2 is 1.58 bits per heavy atom. The summed E-state index contributed by atoms with van der Waals surface area (Å²) in [6.45, 7) is 3.03. The Kier molecular flexibility index (Phi) is 6.31. The van der Waals surface area contributed by atoms with Gasteiger partial charge in [0.2, 0.25) is 5.88 Å². The van der Waals surface area contributed by atoms with Crippen molar-refractivity contribution in [2.45, 2.75) is 37.9 Å². The van der Waals surface area contributed by atoms with E-state index in [1.54, 1.807) is 29.2 Å². The molecule has 1 amide bonds. The van der Waals surface area contributed by atoms with Gasteiger partial charge in [-0.15, -0.1) is 0 Å². The maximum Gasteiger partial charge on any atom is 0.417 e. The molecule has 0 bridgehead atoms. The molecule has 1 aliphatic carbocycles. The number of alkyl halides is 3. The summed E-state index contributed by atoms with van der Waals surface area (Å²) in [6, 6.07) is 9.01. The van der Waals surface area contributed by atoms with E-state index in [0.29, 0.717) is 30.6 Å². The average Bonchev–Trinajstić information content (AvgIpc) is 3.30. The lowest BCUT2D eigenvalue weighted by Gasteiger charge is -2.37. The van der Waals surface area contributed by atoms with Crippen LogP contribution in [0.2, 0.25) is 0 Å². The zero-order valence-electron chi connectivity index (χ0n) is 17.0. The van der Waals surface area contributed by atoms with Crippen molar-refractivity contribution in [2.75, 3.05) is 26.2 Å². The second kappa shape index (κ2) is 9.13. The van der Waals surface area contributed by atoms with E-state index < -0.39 is 11.7 Å². The molecule has 0 atom stereocenters. The number of halogens is 3. The van der Waals surface area contributed by atoms with Crippen LogP contribution < -0.4 is 9.47 Å². The van der Waals surface area contributed by atoms with E-state index >= 15 is 0 Å². The number of carbonyl (C=O) groups excluding carboxylic acids is 1. The molecule has 0 unspecified atom stereocenters. The van der Waals surface area contributed by atoms with E-state index in [4.69, 9.17) is 9.47 Å². The van der Waals surface area contributed by atoms with Crippen molar-refractivity contribution in [3.8, 4) is 17.4 Å². The molecule has 0 radical (unpaired) electrons. The molecule has 0 spiro atoms. The van der Waals surface area contributed by atoms with Gasteiger partial charge in [-0.2, -0.15) is 13.2 Å². The average molecular weight is 435 g/mol. The highest BCUT2D eigenvalue weighted by molar-refractivity contribution is 5.70. The Morgan fingerprint density at radius 1 is 0.935 bits per heavy atom. The number of hydrogen-bond donors (Lipinski definition) is 0. The van der Waals surface area contributed by atoms with Crippen molar-refractivity contribution in [3.63, 3.8) is 0 Å². The van der Waals surface area contributed by atoms with Gasteiger partial charge in [0.1, 0.15) is 11.5 Å². The summed E-state index contributed by atoms with van der Waals surface area (Å²) in [5, 5.41) is 0. The standard InChI is InChI=1S/C22H24F3N3O3/c23-22(24,25)16-5-10-20(26-15-16)30-18-6-8-19(9-7-18)31-21(29)28-13-11-27(12-14-28)17-3-1-2-4-17/h5-10,15,17H,1-4,11-14H2. The first kappa shape index (κ1) is 21.4. The van der Waals surface area contributed by atoms with Crippen LogP contribution in [0.25, 0.3) is 0 Å². The van der Waals surface area contributed by atoms with Gasteiger partial charge in [0.05, 0.1) is 5.56 Å². The first-order valence-corrected chi connectivity index (χ1v) is 10.4. The highest BCUT2D eigenvalue weighted by Gasteiger charge is 2.31. The fourth-order valence-corrected chi connectivity index (χ4v) is 4.01. The van der Waals surface area contributed by atoms with Crippen LogP contribution >= 0.6 is 0 Å². The van der Waals surface area contributed by atoms with Crippen molar-refractivity contribution in [1.82, 2.24) is 14.8 Å². The normalized spacial score (nSPS) is 18.2. The summed E-state index contributed by atoms with van der Waals surface area (Å²) in [5.41, 5.74) is -0.841. The van der Waals surface area contributed by atoms with E-state index in [0.717, 1.165) is 31.4 Å². The predicted molar refractivity (Wildman–Crippen MR) is 107 cm³/mol. The molecule has 9 heteroatoms. The Bertz CT molecular complexity index is 874. The van der Waals surface area contributed by atoms with Crippen LogP contribution in [-0.2, 0) is 6.18 Å². The van der Waals surface area contributed by atoms with E-state index in [9.17, 15) is 18.0 Å². The molecular formula is C22H24F3N3O3. The maximum absolute atomic E-state index is 12.6. The molecule has 2 aromatic rings. The third-order valence-corrected chi connectivity index (χ3v) is 5.73. The monoisotopic (exact) mass is 435 g/mol. The van der Waals surface area contributed by atoms with Crippen LogP contribution in [0.15, 0.2) is 42.6 Å². The fourth-order valence-electron chi connectivity index (χ4n) is 4.01. The molecule has 1 aliphatic heterocycles. The molecule has 1 aromatic heterocycles. The summed E-state index contributed by atoms with van der Waals surface area (Å²) in [6.07, 6.45) is 0.979. The lowest BCUT2D eigenvalue weighted by molar-refractivity contribution is -0.137. The number of ether oxygens (including phenoxy) is 2. The number of benzene rings is 1. The van der Waals surface area contributed by atoms with E-state index in [1.807, 2.05) is 0 Å². The second-order valence-electron chi connectivity index (χ2n) is 7.79. The molecule has 4 rings (SSSR count).